The number of hydrogen-bond donors (Lipinski definition) is 0. The Morgan fingerprint density at radius 3 is 2.64 bits per heavy atom. The van der Waals surface area contributed by atoms with Gasteiger partial charge in [0, 0.05) is 13.1 Å². The van der Waals surface area contributed by atoms with Gasteiger partial charge in [0.15, 0.2) is 0 Å². The first-order valence-corrected chi connectivity index (χ1v) is 7.66. The van der Waals surface area contributed by atoms with Gasteiger partial charge in [-0.15, -0.1) is 0 Å². The Morgan fingerprint density at radius 2 is 2.00 bits per heavy atom. The minimum atomic E-state index is 0.116. The summed E-state index contributed by atoms with van der Waals surface area (Å²) in [6.45, 7) is 11.7. The van der Waals surface area contributed by atoms with E-state index in [4.69, 9.17) is 9.15 Å². The lowest BCUT2D eigenvalue weighted by Crippen LogP contribution is -2.44. The van der Waals surface area contributed by atoms with Crippen LogP contribution in [0.25, 0.3) is 0 Å². The standard InChI is InChI=1S/C15H23N5O2/c1-10-11(2)22-15(16-10)9-19-5-6-21-14(7-19)8-20-13(4)17-12(3)18-20/h14H,5-9H2,1-4H3/t14-/m0/s1. The Kier molecular flexibility index (Phi) is 4.26. The van der Waals surface area contributed by atoms with Crippen LogP contribution in [0.5, 0.6) is 0 Å². The van der Waals surface area contributed by atoms with Crippen LogP contribution >= 0.6 is 0 Å². The van der Waals surface area contributed by atoms with Crippen molar-refractivity contribution in [1.29, 1.82) is 0 Å². The highest BCUT2D eigenvalue weighted by Crippen LogP contribution is 2.14. The van der Waals surface area contributed by atoms with Crippen molar-refractivity contribution in [2.45, 2.75) is 46.9 Å². The van der Waals surface area contributed by atoms with Gasteiger partial charge in [-0.05, 0) is 27.7 Å². The lowest BCUT2D eigenvalue weighted by Gasteiger charge is -2.32. The van der Waals surface area contributed by atoms with E-state index >= 15 is 0 Å². The second kappa shape index (κ2) is 6.18. The molecule has 0 aliphatic carbocycles. The molecule has 1 aliphatic heterocycles. The van der Waals surface area contributed by atoms with Crippen molar-refractivity contribution in [3.63, 3.8) is 0 Å². The van der Waals surface area contributed by atoms with Gasteiger partial charge in [0.25, 0.3) is 0 Å². The minimum absolute atomic E-state index is 0.116. The number of nitrogens with zero attached hydrogens (tertiary/aromatic N) is 5. The first kappa shape index (κ1) is 15.2. The second-order valence-corrected chi connectivity index (χ2v) is 5.87. The first-order valence-electron chi connectivity index (χ1n) is 7.66. The van der Waals surface area contributed by atoms with Crippen LogP contribution in [0.4, 0.5) is 0 Å². The van der Waals surface area contributed by atoms with Gasteiger partial charge >= 0.3 is 0 Å². The number of aryl methyl sites for hydroxylation is 4. The summed E-state index contributed by atoms with van der Waals surface area (Å²) >= 11 is 0. The SMILES string of the molecule is Cc1nc(C)n(C[C@@H]2CN(Cc3nc(C)c(C)o3)CCO2)n1. The summed E-state index contributed by atoms with van der Waals surface area (Å²) in [5.41, 5.74) is 0.966. The van der Waals surface area contributed by atoms with Gasteiger partial charge in [0.05, 0.1) is 31.5 Å². The normalized spacial score (nSPS) is 19.7. The molecule has 3 heterocycles. The summed E-state index contributed by atoms with van der Waals surface area (Å²) in [5.74, 6) is 3.41. The van der Waals surface area contributed by atoms with Crippen LogP contribution in [-0.2, 0) is 17.8 Å². The molecule has 0 saturated carbocycles. The molecule has 1 saturated heterocycles. The molecular formula is C15H23N5O2. The van der Waals surface area contributed by atoms with Gasteiger partial charge in [-0.25, -0.2) is 14.6 Å². The molecule has 1 fully saturated rings. The Bertz CT molecular complexity index is 629. The maximum Gasteiger partial charge on any atom is 0.208 e. The van der Waals surface area contributed by atoms with Crippen molar-refractivity contribution >= 4 is 0 Å². The largest absolute Gasteiger partial charge is 0.444 e. The smallest absolute Gasteiger partial charge is 0.208 e. The molecule has 1 aliphatic rings. The molecule has 7 nitrogen and oxygen atoms in total. The van der Waals surface area contributed by atoms with Gasteiger partial charge < -0.3 is 9.15 Å². The number of hydrogen-bond acceptors (Lipinski definition) is 6. The molecular weight excluding hydrogens is 282 g/mol. The first-order chi connectivity index (χ1) is 10.5. The van der Waals surface area contributed by atoms with E-state index in [1.54, 1.807) is 0 Å². The van der Waals surface area contributed by atoms with E-state index in [1.807, 2.05) is 32.4 Å². The highest BCUT2D eigenvalue weighted by atomic mass is 16.5. The molecule has 0 radical (unpaired) electrons. The van der Waals surface area contributed by atoms with Crippen LogP contribution in [0.3, 0.4) is 0 Å². The molecule has 0 amide bonds. The van der Waals surface area contributed by atoms with Gasteiger partial charge in [-0.1, -0.05) is 0 Å². The predicted octanol–water partition coefficient (Wildman–Crippen LogP) is 1.40. The van der Waals surface area contributed by atoms with E-state index in [1.165, 1.54) is 0 Å². The van der Waals surface area contributed by atoms with E-state index in [9.17, 15) is 0 Å². The fourth-order valence-corrected chi connectivity index (χ4v) is 2.76. The van der Waals surface area contributed by atoms with E-state index in [0.717, 1.165) is 61.8 Å². The Hall–Kier alpha value is -1.73. The van der Waals surface area contributed by atoms with Crippen LogP contribution < -0.4 is 0 Å². The summed E-state index contributed by atoms with van der Waals surface area (Å²) in [6, 6.07) is 0. The molecule has 0 unspecified atom stereocenters. The molecule has 7 heteroatoms. The monoisotopic (exact) mass is 305 g/mol. The zero-order valence-electron chi connectivity index (χ0n) is 13.7. The third kappa shape index (κ3) is 3.36. The minimum Gasteiger partial charge on any atom is -0.444 e. The average Bonchev–Trinajstić information content (AvgIpc) is 2.92. The zero-order valence-corrected chi connectivity index (χ0v) is 13.7. The second-order valence-electron chi connectivity index (χ2n) is 5.87. The lowest BCUT2D eigenvalue weighted by molar-refractivity contribution is -0.0426. The van der Waals surface area contributed by atoms with Crippen molar-refractivity contribution in [3.05, 3.63) is 29.0 Å². The molecule has 120 valence electrons. The number of ether oxygens (including phenoxy) is 1. The van der Waals surface area contributed by atoms with Crippen LogP contribution in [0.1, 0.15) is 29.0 Å². The molecule has 2 aromatic rings. The number of morpholine rings is 1. The fourth-order valence-electron chi connectivity index (χ4n) is 2.76. The molecule has 0 bridgehead atoms. The maximum atomic E-state index is 5.86. The summed E-state index contributed by atoms with van der Waals surface area (Å²) in [5, 5.41) is 4.40. The van der Waals surface area contributed by atoms with Crippen molar-refractivity contribution < 1.29 is 9.15 Å². The molecule has 3 rings (SSSR count). The Balaban J connectivity index is 1.60. The quantitative estimate of drug-likeness (QED) is 0.850. The highest BCUT2D eigenvalue weighted by molar-refractivity contribution is 5.05. The van der Waals surface area contributed by atoms with Crippen molar-refractivity contribution in [2.24, 2.45) is 0 Å². The predicted molar refractivity (Wildman–Crippen MR) is 80.5 cm³/mol. The maximum absolute atomic E-state index is 5.86. The van der Waals surface area contributed by atoms with E-state index < -0.39 is 0 Å². The summed E-state index contributed by atoms with van der Waals surface area (Å²) in [7, 11) is 0. The van der Waals surface area contributed by atoms with E-state index in [0.29, 0.717) is 0 Å². The van der Waals surface area contributed by atoms with E-state index in [2.05, 4.69) is 20.0 Å². The number of rotatable bonds is 4. The molecule has 2 aromatic heterocycles. The summed E-state index contributed by atoms with van der Waals surface area (Å²) in [4.78, 5) is 11.1. The molecule has 1 atom stereocenters. The molecule has 0 spiro atoms. The van der Waals surface area contributed by atoms with Crippen LogP contribution in [-0.4, -0.2) is 50.4 Å². The van der Waals surface area contributed by atoms with Gasteiger partial charge in [-0.3, -0.25) is 4.90 Å². The van der Waals surface area contributed by atoms with Crippen LogP contribution in [0, 0.1) is 27.7 Å². The Labute approximate surface area is 130 Å². The van der Waals surface area contributed by atoms with Gasteiger partial charge in [0.1, 0.15) is 17.4 Å². The van der Waals surface area contributed by atoms with Crippen LogP contribution in [0.2, 0.25) is 0 Å². The third-order valence-electron chi connectivity index (χ3n) is 3.99. The number of oxazole rings is 1. The van der Waals surface area contributed by atoms with Crippen molar-refractivity contribution in [3.8, 4) is 0 Å². The van der Waals surface area contributed by atoms with Crippen molar-refractivity contribution in [1.82, 2.24) is 24.6 Å². The average molecular weight is 305 g/mol. The Morgan fingerprint density at radius 1 is 1.18 bits per heavy atom. The van der Waals surface area contributed by atoms with Crippen molar-refractivity contribution in [2.75, 3.05) is 19.7 Å². The molecule has 22 heavy (non-hydrogen) atoms. The molecule has 0 aromatic carbocycles. The number of aromatic nitrogens is 4. The summed E-state index contributed by atoms with van der Waals surface area (Å²) in [6.07, 6.45) is 0.116. The third-order valence-corrected chi connectivity index (χ3v) is 3.99. The topological polar surface area (TPSA) is 69.2 Å². The highest BCUT2D eigenvalue weighted by Gasteiger charge is 2.23. The van der Waals surface area contributed by atoms with Gasteiger partial charge in [-0.2, -0.15) is 5.10 Å². The summed E-state index contributed by atoms with van der Waals surface area (Å²) < 4.78 is 13.5. The zero-order chi connectivity index (χ0) is 15.7. The van der Waals surface area contributed by atoms with E-state index in [-0.39, 0.29) is 6.10 Å². The van der Waals surface area contributed by atoms with Crippen LogP contribution in [0.15, 0.2) is 4.42 Å². The van der Waals surface area contributed by atoms with Gasteiger partial charge in [0.2, 0.25) is 5.89 Å². The lowest BCUT2D eigenvalue weighted by atomic mass is 10.2. The fraction of sp³-hybridized carbons (Fsp3) is 0.667. The molecule has 0 N–H and O–H groups in total.